The van der Waals surface area contributed by atoms with Crippen LogP contribution >= 0.6 is 0 Å². The fraction of sp³-hybridized carbons (Fsp3) is 0.385. The first kappa shape index (κ1) is 10.8. The number of rotatable bonds is 4. The van der Waals surface area contributed by atoms with Crippen molar-refractivity contribution in [2.24, 2.45) is 7.05 Å². The van der Waals surface area contributed by atoms with Crippen LogP contribution in [0.2, 0.25) is 0 Å². The molecule has 1 heterocycles. The van der Waals surface area contributed by atoms with Gasteiger partial charge in [0.15, 0.2) is 0 Å². The second-order valence-corrected chi connectivity index (χ2v) is 3.86. The van der Waals surface area contributed by atoms with E-state index >= 15 is 0 Å². The van der Waals surface area contributed by atoms with Crippen molar-refractivity contribution in [3.8, 4) is 0 Å². The van der Waals surface area contributed by atoms with Gasteiger partial charge in [-0.15, -0.1) is 6.58 Å². The van der Waals surface area contributed by atoms with Gasteiger partial charge >= 0.3 is 0 Å². The van der Waals surface area contributed by atoms with Crippen molar-refractivity contribution in [1.82, 2.24) is 4.57 Å². The minimum atomic E-state index is 1.03. The van der Waals surface area contributed by atoms with Gasteiger partial charge in [-0.05, 0) is 43.4 Å². The molecule has 0 aromatic carbocycles. The third-order valence-corrected chi connectivity index (χ3v) is 2.50. The smallest absolute Gasteiger partial charge is 0.0463 e. The molecular weight excluding hydrogens is 170 g/mol. The van der Waals surface area contributed by atoms with Crippen molar-refractivity contribution in [3.05, 3.63) is 42.3 Å². The molecule has 0 spiro atoms. The lowest BCUT2D eigenvalue weighted by atomic mass is 10.0. The normalized spacial score (nSPS) is 10.2. The number of hydrogen-bond donors (Lipinski definition) is 0. The molecule has 76 valence electrons. The van der Waals surface area contributed by atoms with Crippen molar-refractivity contribution >= 4 is 5.57 Å². The number of aryl methyl sites for hydroxylation is 2. The maximum Gasteiger partial charge on any atom is 0.0463 e. The molecule has 0 bridgehead atoms. The van der Waals surface area contributed by atoms with E-state index in [1.54, 1.807) is 0 Å². The zero-order valence-electron chi connectivity index (χ0n) is 9.43. The van der Waals surface area contributed by atoms with Crippen LogP contribution in [0.3, 0.4) is 0 Å². The van der Waals surface area contributed by atoms with Crippen LogP contribution in [0, 0.1) is 6.92 Å². The summed E-state index contributed by atoms with van der Waals surface area (Å²) in [6, 6.07) is 0. The predicted molar refractivity (Wildman–Crippen MR) is 63.4 cm³/mol. The molecule has 0 fully saturated rings. The Hall–Kier alpha value is -1.24. The van der Waals surface area contributed by atoms with E-state index in [1.807, 2.05) is 6.08 Å². The molecule has 0 aliphatic heterocycles. The summed E-state index contributed by atoms with van der Waals surface area (Å²) in [7, 11) is 2.08. The molecule has 0 N–H and O–H groups in total. The van der Waals surface area contributed by atoms with E-state index < -0.39 is 0 Å². The first-order chi connectivity index (χ1) is 6.57. The average molecular weight is 189 g/mol. The summed E-state index contributed by atoms with van der Waals surface area (Å²) in [5.74, 6) is 0. The van der Waals surface area contributed by atoms with Crippen LogP contribution in [0.4, 0.5) is 0 Å². The van der Waals surface area contributed by atoms with Crippen LogP contribution in [-0.2, 0) is 13.5 Å². The Balaban J connectivity index is 3.11. The topological polar surface area (TPSA) is 4.93 Å². The largest absolute Gasteiger partial charge is 0.350 e. The summed E-state index contributed by atoms with van der Waals surface area (Å²) >= 11 is 0. The Labute approximate surface area is 86.8 Å². The Morgan fingerprint density at radius 3 is 2.71 bits per heavy atom. The lowest BCUT2D eigenvalue weighted by Crippen LogP contribution is -1.96. The van der Waals surface area contributed by atoms with Crippen molar-refractivity contribution in [1.29, 1.82) is 0 Å². The summed E-state index contributed by atoms with van der Waals surface area (Å²) in [5.41, 5.74) is 5.19. The van der Waals surface area contributed by atoms with Gasteiger partial charge in [0, 0.05) is 18.9 Å². The van der Waals surface area contributed by atoms with Gasteiger partial charge < -0.3 is 4.57 Å². The summed E-state index contributed by atoms with van der Waals surface area (Å²) < 4.78 is 2.16. The van der Waals surface area contributed by atoms with Crippen LogP contribution in [-0.4, -0.2) is 4.57 Å². The van der Waals surface area contributed by atoms with Crippen molar-refractivity contribution in [3.63, 3.8) is 0 Å². The highest BCUT2D eigenvalue weighted by atomic mass is 14.9. The highest BCUT2D eigenvalue weighted by Gasteiger charge is 2.10. The second kappa shape index (κ2) is 4.32. The molecule has 0 unspecified atom stereocenters. The quantitative estimate of drug-likeness (QED) is 0.639. The Morgan fingerprint density at radius 2 is 2.21 bits per heavy atom. The Kier molecular flexibility index (Phi) is 3.34. The fourth-order valence-corrected chi connectivity index (χ4v) is 1.95. The van der Waals surface area contributed by atoms with Gasteiger partial charge in [0.1, 0.15) is 0 Å². The Morgan fingerprint density at radius 1 is 1.57 bits per heavy atom. The molecule has 0 atom stereocenters. The fourth-order valence-electron chi connectivity index (χ4n) is 1.95. The van der Waals surface area contributed by atoms with Crippen molar-refractivity contribution in [2.75, 3.05) is 0 Å². The van der Waals surface area contributed by atoms with E-state index in [-0.39, 0.29) is 0 Å². The molecule has 0 saturated carbocycles. The van der Waals surface area contributed by atoms with E-state index in [1.165, 1.54) is 16.8 Å². The van der Waals surface area contributed by atoms with Gasteiger partial charge in [0.2, 0.25) is 0 Å². The monoisotopic (exact) mass is 189 g/mol. The van der Waals surface area contributed by atoms with Crippen LogP contribution < -0.4 is 0 Å². The summed E-state index contributed by atoms with van der Waals surface area (Å²) in [6.07, 6.45) is 6.24. The lowest BCUT2D eigenvalue weighted by Gasteiger charge is -2.06. The van der Waals surface area contributed by atoms with Crippen LogP contribution in [0.25, 0.3) is 5.57 Å². The van der Waals surface area contributed by atoms with Crippen molar-refractivity contribution in [2.45, 2.75) is 26.7 Å². The predicted octanol–water partition coefficient (Wildman–Crippen LogP) is 3.49. The van der Waals surface area contributed by atoms with Gasteiger partial charge in [-0.2, -0.15) is 0 Å². The molecule has 0 saturated heterocycles. The third kappa shape index (κ3) is 1.98. The molecule has 0 aliphatic carbocycles. The van der Waals surface area contributed by atoms with Gasteiger partial charge in [0.05, 0.1) is 0 Å². The standard InChI is InChI=1S/C13H19N/c1-6-7-8-12-11(4)9-14(5)13(12)10(2)3/h6,9H,1-2,7-8H2,3-5H3. The van der Waals surface area contributed by atoms with Crippen LogP contribution in [0.1, 0.15) is 30.2 Å². The minimum absolute atomic E-state index is 1.03. The SMILES string of the molecule is C=CCCc1c(C)cn(C)c1C(=C)C. The van der Waals surface area contributed by atoms with Gasteiger partial charge in [-0.3, -0.25) is 0 Å². The minimum Gasteiger partial charge on any atom is -0.350 e. The molecule has 1 aromatic heterocycles. The van der Waals surface area contributed by atoms with E-state index in [4.69, 9.17) is 0 Å². The molecule has 0 radical (unpaired) electrons. The maximum atomic E-state index is 4.02. The summed E-state index contributed by atoms with van der Waals surface area (Å²) in [6.45, 7) is 12.0. The molecule has 1 nitrogen and oxygen atoms in total. The van der Waals surface area contributed by atoms with E-state index in [0.29, 0.717) is 0 Å². The number of aromatic nitrogens is 1. The molecule has 1 heteroatoms. The van der Waals surface area contributed by atoms with Crippen LogP contribution in [0.15, 0.2) is 25.4 Å². The van der Waals surface area contributed by atoms with Crippen LogP contribution in [0.5, 0.6) is 0 Å². The van der Waals surface area contributed by atoms with Gasteiger partial charge in [0.25, 0.3) is 0 Å². The molecule has 1 aromatic rings. The highest BCUT2D eigenvalue weighted by molar-refractivity contribution is 5.63. The zero-order valence-corrected chi connectivity index (χ0v) is 9.43. The Bertz CT molecular complexity index is 356. The lowest BCUT2D eigenvalue weighted by molar-refractivity contribution is 0.890. The molecule has 0 aliphatic rings. The third-order valence-electron chi connectivity index (χ3n) is 2.50. The van der Waals surface area contributed by atoms with E-state index in [0.717, 1.165) is 18.4 Å². The average Bonchev–Trinajstić information content (AvgIpc) is 2.37. The molecular formula is C13H19N. The molecule has 14 heavy (non-hydrogen) atoms. The van der Waals surface area contributed by atoms with E-state index in [9.17, 15) is 0 Å². The van der Waals surface area contributed by atoms with E-state index in [2.05, 4.69) is 44.8 Å². The van der Waals surface area contributed by atoms with Crippen molar-refractivity contribution < 1.29 is 0 Å². The first-order valence-electron chi connectivity index (χ1n) is 4.99. The summed E-state index contributed by atoms with van der Waals surface area (Å²) in [4.78, 5) is 0. The number of allylic oxidation sites excluding steroid dienone is 2. The molecule has 0 amide bonds. The molecule has 1 rings (SSSR count). The number of hydrogen-bond acceptors (Lipinski definition) is 0. The van der Waals surface area contributed by atoms with Gasteiger partial charge in [-0.25, -0.2) is 0 Å². The zero-order chi connectivity index (χ0) is 10.7. The maximum absolute atomic E-state index is 4.02. The number of nitrogens with zero attached hydrogens (tertiary/aromatic N) is 1. The van der Waals surface area contributed by atoms with Gasteiger partial charge in [-0.1, -0.05) is 12.7 Å². The summed E-state index contributed by atoms with van der Waals surface area (Å²) in [5, 5.41) is 0. The highest BCUT2D eigenvalue weighted by Crippen LogP contribution is 2.23. The second-order valence-electron chi connectivity index (χ2n) is 3.86. The first-order valence-corrected chi connectivity index (χ1v) is 4.99.